The molecule has 348 valence electrons. The van der Waals surface area contributed by atoms with Gasteiger partial charge in [0.25, 0.3) is 5.91 Å². The van der Waals surface area contributed by atoms with E-state index in [0.29, 0.717) is 43.5 Å². The smallest absolute Gasteiger partial charge is 0.407 e. The van der Waals surface area contributed by atoms with E-state index in [2.05, 4.69) is 44.9 Å². The first kappa shape index (κ1) is 47.0. The molecule has 0 spiro atoms. The van der Waals surface area contributed by atoms with Crippen LogP contribution in [-0.2, 0) is 30.4 Å². The van der Waals surface area contributed by atoms with Crippen LogP contribution in [0.15, 0.2) is 79.0 Å². The van der Waals surface area contributed by atoms with Crippen LogP contribution in [0.1, 0.15) is 88.9 Å². The maximum absolute atomic E-state index is 14.4. The van der Waals surface area contributed by atoms with Crippen molar-refractivity contribution in [2.24, 2.45) is 11.8 Å². The molecular formula is C50H60N8O8. The first-order valence-electron chi connectivity index (χ1n) is 22.4. The third kappa shape index (κ3) is 9.83. The highest BCUT2D eigenvalue weighted by molar-refractivity contribution is 6.07. The molecule has 1 aliphatic heterocycles. The minimum atomic E-state index is -0.988. The van der Waals surface area contributed by atoms with Gasteiger partial charge in [-0.05, 0) is 84.0 Å². The Labute approximate surface area is 384 Å². The van der Waals surface area contributed by atoms with Gasteiger partial charge in [-0.2, -0.15) is 0 Å². The van der Waals surface area contributed by atoms with Crippen LogP contribution in [0.25, 0.3) is 44.2 Å². The highest BCUT2D eigenvalue weighted by Gasteiger charge is 2.35. The second-order valence-corrected chi connectivity index (χ2v) is 17.3. The fourth-order valence-corrected chi connectivity index (χ4v) is 8.66. The molecule has 16 nitrogen and oxygen atoms in total. The van der Waals surface area contributed by atoms with Crippen LogP contribution < -0.4 is 15.4 Å². The maximum atomic E-state index is 14.4. The number of hydrogen-bond acceptors (Lipinski definition) is 10. The molecule has 4 aromatic carbocycles. The summed E-state index contributed by atoms with van der Waals surface area (Å²) in [6, 6.07) is 20.9. The molecule has 0 saturated heterocycles. The maximum Gasteiger partial charge on any atom is 0.407 e. The van der Waals surface area contributed by atoms with Gasteiger partial charge in [0.2, 0.25) is 5.91 Å². The van der Waals surface area contributed by atoms with Gasteiger partial charge in [-0.25, -0.2) is 19.6 Å². The molecule has 4 N–H and O–H groups in total. The summed E-state index contributed by atoms with van der Waals surface area (Å²) < 4.78 is 21.6. The molecule has 0 bridgehead atoms. The number of amides is 4. The molecule has 0 saturated carbocycles. The van der Waals surface area contributed by atoms with Gasteiger partial charge in [0.15, 0.2) is 0 Å². The third-order valence-corrected chi connectivity index (χ3v) is 12.2. The molecule has 2 aromatic heterocycles. The third-order valence-electron chi connectivity index (χ3n) is 12.2. The largest absolute Gasteiger partial charge is 0.488 e. The van der Waals surface area contributed by atoms with Crippen molar-refractivity contribution >= 4 is 45.8 Å². The van der Waals surface area contributed by atoms with Gasteiger partial charge in [0.05, 0.1) is 55.8 Å². The number of nitrogens with one attached hydrogen (secondary N) is 4. The van der Waals surface area contributed by atoms with Crippen LogP contribution in [0.3, 0.4) is 0 Å². The predicted octanol–water partition coefficient (Wildman–Crippen LogP) is 8.62. The molecule has 3 heterocycles. The van der Waals surface area contributed by atoms with Crippen LogP contribution in [-0.4, -0.2) is 101 Å². The zero-order chi connectivity index (χ0) is 47.2. The van der Waals surface area contributed by atoms with Crippen LogP contribution in [0.5, 0.6) is 5.75 Å². The van der Waals surface area contributed by atoms with Crippen LogP contribution in [0, 0.1) is 11.8 Å². The van der Waals surface area contributed by atoms with Gasteiger partial charge < -0.3 is 49.3 Å². The molecule has 66 heavy (non-hydrogen) atoms. The van der Waals surface area contributed by atoms with E-state index < -0.39 is 36.4 Å². The van der Waals surface area contributed by atoms with E-state index >= 15 is 0 Å². The number of imidazole rings is 2. The number of aromatic amines is 2. The Hall–Kier alpha value is -6.94. The summed E-state index contributed by atoms with van der Waals surface area (Å²) in [5.74, 6) is 1.28. The van der Waals surface area contributed by atoms with Gasteiger partial charge in [-0.3, -0.25) is 9.59 Å². The van der Waals surface area contributed by atoms with Crippen molar-refractivity contribution in [3.8, 4) is 28.1 Å². The van der Waals surface area contributed by atoms with E-state index in [0.717, 1.165) is 61.9 Å². The van der Waals surface area contributed by atoms with Gasteiger partial charge >= 0.3 is 12.2 Å². The highest BCUT2D eigenvalue weighted by Crippen LogP contribution is 2.43. The van der Waals surface area contributed by atoms with Crippen molar-refractivity contribution in [2.45, 2.75) is 78.7 Å². The Bertz CT molecular complexity index is 2700. The summed E-state index contributed by atoms with van der Waals surface area (Å²) >= 11 is 0. The first-order valence-corrected chi connectivity index (χ1v) is 22.4. The van der Waals surface area contributed by atoms with Crippen molar-refractivity contribution in [2.75, 3.05) is 41.0 Å². The van der Waals surface area contributed by atoms with Crippen molar-refractivity contribution in [1.82, 2.24) is 40.4 Å². The Morgan fingerprint density at radius 3 is 2.23 bits per heavy atom. The Kier molecular flexibility index (Phi) is 14.6. The molecule has 0 radical (unpaired) electrons. The number of methoxy groups -OCH3 is 3. The van der Waals surface area contributed by atoms with Gasteiger partial charge in [0, 0.05) is 31.1 Å². The SMILES string of the molecule is CCCN(C(=O)C(NC(=O)OC)C(C)C)C(C)c1nc2c(ccc3cc4c(cc32)OCc2cc(-c3cnc(C(C)N(CC(C)COC)C(=O)C(NC(=O)OC)c5ccccc5)[nH]3)ccc2-4)[nH]1. The molecule has 4 amide bonds. The highest BCUT2D eigenvalue weighted by atomic mass is 16.5. The normalized spacial score (nSPS) is 14.3. The number of rotatable bonds is 17. The first-order chi connectivity index (χ1) is 31.8. The number of aromatic nitrogens is 4. The lowest BCUT2D eigenvalue weighted by molar-refractivity contribution is -0.137. The Morgan fingerprint density at radius 1 is 0.803 bits per heavy atom. The van der Waals surface area contributed by atoms with E-state index in [4.69, 9.17) is 28.9 Å². The van der Waals surface area contributed by atoms with Crippen LogP contribution >= 0.6 is 0 Å². The fraction of sp³-hybridized carbons (Fsp3) is 0.400. The number of nitrogens with zero attached hydrogens (tertiary/aromatic N) is 4. The van der Waals surface area contributed by atoms with Gasteiger partial charge in [-0.1, -0.05) is 76.2 Å². The molecule has 6 aromatic rings. The summed E-state index contributed by atoms with van der Waals surface area (Å²) in [5.41, 5.74) is 6.93. The minimum Gasteiger partial charge on any atom is -0.488 e. The molecule has 5 atom stereocenters. The Balaban J connectivity index is 1.15. The van der Waals surface area contributed by atoms with E-state index in [1.807, 2.05) is 77.9 Å². The van der Waals surface area contributed by atoms with Gasteiger partial charge in [-0.15, -0.1) is 0 Å². The van der Waals surface area contributed by atoms with E-state index in [-0.39, 0.29) is 23.7 Å². The lowest BCUT2D eigenvalue weighted by Crippen LogP contribution is -2.52. The average molecular weight is 901 g/mol. The molecule has 16 heteroatoms. The summed E-state index contributed by atoms with van der Waals surface area (Å²) in [7, 11) is 4.18. The van der Waals surface area contributed by atoms with Crippen molar-refractivity contribution < 1.29 is 38.1 Å². The molecular weight excluding hydrogens is 841 g/mol. The summed E-state index contributed by atoms with van der Waals surface area (Å²) in [6.45, 7) is 13.3. The number of carbonyl (C=O) groups excluding carboxylic acids is 4. The van der Waals surface area contributed by atoms with E-state index in [9.17, 15) is 19.2 Å². The zero-order valence-corrected chi connectivity index (χ0v) is 39.1. The van der Waals surface area contributed by atoms with Crippen molar-refractivity contribution in [3.05, 3.63) is 102 Å². The topological polar surface area (TPSA) is 193 Å². The zero-order valence-electron chi connectivity index (χ0n) is 39.1. The van der Waals surface area contributed by atoms with Crippen molar-refractivity contribution in [3.63, 3.8) is 0 Å². The molecule has 1 aliphatic rings. The van der Waals surface area contributed by atoms with Crippen LogP contribution in [0.4, 0.5) is 9.59 Å². The Morgan fingerprint density at radius 2 is 1.53 bits per heavy atom. The predicted molar refractivity (Wildman–Crippen MR) is 251 cm³/mol. The molecule has 0 aliphatic carbocycles. The molecule has 7 rings (SSSR count). The fourth-order valence-electron chi connectivity index (χ4n) is 8.66. The summed E-state index contributed by atoms with van der Waals surface area (Å²) in [6.07, 6.45) is 1.13. The standard InChI is InChI=1S/C50H60N8O8/c1-10-20-57(47(59)42(28(2)3)55-49(61)64-8)31(6)46-52-39-19-17-33-22-38-36-18-16-34(21-35(36)27-66-41(38)23-37(33)44(39)54-46)40-24-51-45(53-40)30(5)58(25-29(4)26-63-7)48(60)43(56-50(62)65-9)32-14-12-11-13-15-32/h11-19,21-24,28-31,42-43H,10,20,25-27H2,1-9H3,(H,51,53)(H,52,54)(H,55,61)(H,56,62). The van der Waals surface area contributed by atoms with Gasteiger partial charge in [0.1, 0.15) is 36.1 Å². The van der Waals surface area contributed by atoms with Crippen molar-refractivity contribution in [1.29, 1.82) is 0 Å². The summed E-state index contributed by atoms with van der Waals surface area (Å²) in [4.78, 5) is 73.2. The number of H-pyrrole nitrogens is 2. The number of carbonyl (C=O) groups is 4. The molecule has 0 fully saturated rings. The second-order valence-electron chi connectivity index (χ2n) is 17.3. The lowest BCUT2D eigenvalue weighted by atomic mass is 9.92. The monoisotopic (exact) mass is 900 g/mol. The number of alkyl carbamates (subject to hydrolysis) is 2. The second kappa shape index (κ2) is 20.5. The summed E-state index contributed by atoms with van der Waals surface area (Å²) in [5, 5.41) is 7.35. The minimum absolute atomic E-state index is 0.0156. The number of hydrogen-bond donors (Lipinski definition) is 4. The van der Waals surface area contributed by atoms with E-state index in [1.165, 1.54) is 14.2 Å². The molecule has 5 unspecified atom stereocenters. The average Bonchev–Trinajstić information content (AvgIpc) is 4.01. The van der Waals surface area contributed by atoms with E-state index in [1.54, 1.807) is 35.2 Å². The number of benzene rings is 4. The quantitative estimate of drug-likeness (QED) is 0.0689. The number of fused-ring (bicyclic) bond motifs is 6. The lowest BCUT2D eigenvalue weighted by Gasteiger charge is -2.33. The van der Waals surface area contributed by atoms with Crippen LogP contribution in [0.2, 0.25) is 0 Å². The number of ether oxygens (including phenoxy) is 4.